The molecule has 0 fully saturated rings. The molecule has 0 saturated carbocycles. The Kier molecular flexibility index (Phi) is 4.79. The highest BCUT2D eigenvalue weighted by molar-refractivity contribution is 5.95. The van der Waals surface area contributed by atoms with Gasteiger partial charge in [0.2, 0.25) is 5.89 Å². The molecule has 3 rings (SSSR count). The average Bonchev–Trinajstić information content (AvgIpc) is 3.02. The minimum Gasteiger partial charge on any atom is -0.508 e. The van der Waals surface area contributed by atoms with Crippen LogP contribution < -0.4 is 5.32 Å². The van der Waals surface area contributed by atoms with Gasteiger partial charge in [-0.15, -0.1) is 0 Å². The summed E-state index contributed by atoms with van der Waals surface area (Å²) in [6.45, 7) is 3.53. The minimum atomic E-state index is -0.322. The van der Waals surface area contributed by atoms with Gasteiger partial charge in [-0.05, 0) is 37.1 Å². The van der Waals surface area contributed by atoms with E-state index >= 15 is 0 Å². The molecule has 0 aliphatic rings. The van der Waals surface area contributed by atoms with Gasteiger partial charge in [0.1, 0.15) is 5.75 Å². The SMILES string of the molecule is Cc1noc(C[C@H](NC(=O)c2ccc(C)c(O)c2)c2ccccc2)n1. The van der Waals surface area contributed by atoms with Crippen LogP contribution in [0.25, 0.3) is 0 Å². The molecule has 2 aromatic carbocycles. The summed E-state index contributed by atoms with van der Waals surface area (Å²) >= 11 is 0. The zero-order valence-electron chi connectivity index (χ0n) is 14.1. The Morgan fingerprint density at radius 3 is 2.60 bits per heavy atom. The third kappa shape index (κ3) is 4.03. The fourth-order valence-electron chi connectivity index (χ4n) is 2.53. The van der Waals surface area contributed by atoms with Gasteiger partial charge in [-0.25, -0.2) is 0 Å². The van der Waals surface area contributed by atoms with Gasteiger partial charge < -0.3 is 14.9 Å². The topological polar surface area (TPSA) is 88.2 Å². The number of aryl methyl sites for hydroxylation is 2. The van der Waals surface area contributed by atoms with Crippen molar-refractivity contribution in [2.24, 2.45) is 0 Å². The first-order chi connectivity index (χ1) is 12.0. The number of nitrogens with one attached hydrogen (secondary N) is 1. The van der Waals surface area contributed by atoms with Crippen molar-refractivity contribution in [2.45, 2.75) is 26.3 Å². The maximum absolute atomic E-state index is 12.6. The number of aromatic nitrogens is 2. The zero-order valence-corrected chi connectivity index (χ0v) is 14.1. The third-order valence-corrected chi connectivity index (χ3v) is 3.93. The molecule has 0 radical (unpaired) electrons. The van der Waals surface area contributed by atoms with Gasteiger partial charge in [0.25, 0.3) is 5.91 Å². The van der Waals surface area contributed by atoms with Crippen LogP contribution in [0, 0.1) is 13.8 Å². The van der Waals surface area contributed by atoms with E-state index < -0.39 is 0 Å². The van der Waals surface area contributed by atoms with Crippen molar-refractivity contribution in [3.05, 3.63) is 76.9 Å². The van der Waals surface area contributed by atoms with Crippen LogP contribution in [0.1, 0.15) is 39.2 Å². The fourth-order valence-corrected chi connectivity index (χ4v) is 2.53. The monoisotopic (exact) mass is 337 g/mol. The predicted octanol–water partition coefficient (Wildman–Crippen LogP) is 3.11. The summed E-state index contributed by atoms with van der Waals surface area (Å²) in [4.78, 5) is 16.8. The number of benzene rings is 2. The van der Waals surface area contributed by atoms with Crippen molar-refractivity contribution in [2.75, 3.05) is 0 Å². The molecule has 128 valence electrons. The van der Waals surface area contributed by atoms with E-state index in [1.165, 1.54) is 6.07 Å². The number of rotatable bonds is 5. The Labute approximate surface area is 145 Å². The summed E-state index contributed by atoms with van der Waals surface area (Å²) in [5, 5.41) is 16.6. The molecule has 0 saturated heterocycles. The van der Waals surface area contributed by atoms with Crippen molar-refractivity contribution in [1.82, 2.24) is 15.5 Å². The van der Waals surface area contributed by atoms with Gasteiger partial charge >= 0.3 is 0 Å². The molecule has 2 N–H and O–H groups in total. The molecule has 0 aliphatic carbocycles. The van der Waals surface area contributed by atoms with Crippen molar-refractivity contribution in [1.29, 1.82) is 0 Å². The number of carbonyl (C=O) groups is 1. The molecule has 3 aromatic rings. The van der Waals surface area contributed by atoms with E-state index in [2.05, 4.69) is 15.5 Å². The maximum atomic E-state index is 12.6. The molecule has 0 aliphatic heterocycles. The summed E-state index contributed by atoms with van der Waals surface area (Å²) in [5.74, 6) is 0.826. The molecular formula is C19H19N3O3. The number of hydrogen-bond acceptors (Lipinski definition) is 5. The number of aromatic hydroxyl groups is 1. The minimum absolute atomic E-state index is 0.0939. The van der Waals surface area contributed by atoms with Gasteiger partial charge in [0, 0.05) is 5.56 Å². The zero-order chi connectivity index (χ0) is 17.8. The van der Waals surface area contributed by atoms with E-state index in [0.29, 0.717) is 23.7 Å². The predicted molar refractivity (Wildman–Crippen MR) is 92.2 cm³/mol. The molecule has 0 spiro atoms. The van der Waals surface area contributed by atoms with Crippen LogP contribution in [0.15, 0.2) is 53.1 Å². The van der Waals surface area contributed by atoms with Gasteiger partial charge in [0.05, 0.1) is 12.5 Å². The van der Waals surface area contributed by atoms with E-state index in [4.69, 9.17) is 4.52 Å². The van der Waals surface area contributed by atoms with E-state index in [-0.39, 0.29) is 17.7 Å². The van der Waals surface area contributed by atoms with Crippen molar-refractivity contribution >= 4 is 5.91 Å². The van der Waals surface area contributed by atoms with Crippen LogP contribution in [-0.2, 0) is 6.42 Å². The lowest BCUT2D eigenvalue weighted by Crippen LogP contribution is -2.30. The van der Waals surface area contributed by atoms with Crippen LogP contribution in [0.5, 0.6) is 5.75 Å². The Bertz CT molecular complexity index is 875. The number of phenols is 1. The second-order valence-corrected chi connectivity index (χ2v) is 5.88. The first-order valence-corrected chi connectivity index (χ1v) is 7.97. The highest BCUT2D eigenvalue weighted by Crippen LogP contribution is 2.21. The second kappa shape index (κ2) is 7.17. The highest BCUT2D eigenvalue weighted by Gasteiger charge is 2.19. The molecule has 1 heterocycles. The van der Waals surface area contributed by atoms with Crippen molar-refractivity contribution < 1.29 is 14.4 Å². The Hall–Kier alpha value is -3.15. The van der Waals surface area contributed by atoms with Crippen LogP contribution in [0.3, 0.4) is 0 Å². The fraction of sp³-hybridized carbons (Fsp3) is 0.211. The molecule has 1 atom stereocenters. The normalized spacial score (nSPS) is 11.9. The van der Waals surface area contributed by atoms with Gasteiger partial charge in [-0.3, -0.25) is 4.79 Å². The molecule has 0 bridgehead atoms. The molecule has 1 amide bonds. The van der Waals surface area contributed by atoms with Crippen LogP contribution in [0.2, 0.25) is 0 Å². The number of carbonyl (C=O) groups excluding carboxylic acids is 1. The second-order valence-electron chi connectivity index (χ2n) is 5.88. The lowest BCUT2D eigenvalue weighted by molar-refractivity contribution is 0.0934. The van der Waals surface area contributed by atoms with Crippen LogP contribution >= 0.6 is 0 Å². The highest BCUT2D eigenvalue weighted by atomic mass is 16.5. The smallest absolute Gasteiger partial charge is 0.251 e. The number of amides is 1. The van der Waals surface area contributed by atoms with Gasteiger partial charge in [-0.2, -0.15) is 4.98 Å². The summed E-state index contributed by atoms with van der Waals surface area (Å²) in [7, 11) is 0. The summed E-state index contributed by atoms with van der Waals surface area (Å²) in [6, 6.07) is 14.1. The standard InChI is InChI=1S/C19H19N3O3/c1-12-8-9-15(10-17(12)23)19(24)21-16(14-6-4-3-5-7-14)11-18-20-13(2)22-25-18/h3-10,16,23H,11H2,1-2H3,(H,21,24)/t16-/m0/s1. The summed E-state index contributed by atoms with van der Waals surface area (Å²) in [6.07, 6.45) is 0.383. The van der Waals surface area contributed by atoms with Crippen LogP contribution in [0.4, 0.5) is 0 Å². The first kappa shape index (κ1) is 16.7. The van der Waals surface area contributed by atoms with Gasteiger partial charge in [0.15, 0.2) is 5.82 Å². The average molecular weight is 337 g/mol. The van der Waals surface area contributed by atoms with E-state index in [1.807, 2.05) is 30.3 Å². The molecular weight excluding hydrogens is 318 g/mol. The van der Waals surface area contributed by atoms with E-state index in [1.54, 1.807) is 26.0 Å². The Morgan fingerprint density at radius 2 is 1.96 bits per heavy atom. The quantitative estimate of drug-likeness (QED) is 0.747. The van der Waals surface area contributed by atoms with Gasteiger partial charge in [-0.1, -0.05) is 41.6 Å². The molecule has 0 unspecified atom stereocenters. The lowest BCUT2D eigenvalue weighted by atomic mass is 10.0. The number of phenolic OH excluding ortho intramolecular Hbond substituents is 1. The Morgan fingerprint density at radius 1 is 1.20 bits per heavy atom. The van der Waals surface area contributed by atoms with Crippen molar-refractivity contribution in [3.63, 3.8) is 0 Å². The maximum Gasteiger partial charge on any atom is 0.251 e. The Balaban J connectivity index is 1.83. The number of nitrogens with zero attached hydrogens (tertiary/aromatic N) is 2. The van der Waals surface area contributed by atoms with E-state index in [0.717, 1.165) is 11.1 Å². The van der Waals surface area contributed by atoms with E-state index in [9.17, 15) is 9.90 Å². The molecule has 6 heteroatoms. The summed E-state index contributed by atoms with van der Waals surface area (Å²) in [5.41, 5.74) is 2.05. The number of hydrogen-bond donors (Lipinski definition) is 2. The first-order valence-electron chi connectivity index (χ1n) is 7.97. The molecule has 1 aromatic heterocycles. The largest absolute Gasteiger partial charge is 0.508 e. The molecule has 25 heavy (non-hydrogen) atoms. The third-order valence-electron chi connectivity index (χ3n) is 3.93. The molecule has 6 nitrogen and oxygen atoms in total. The summed E-state index contributed by atoms with van der Waals surface area (Å²) < 4.78 is 5.19. The lowest BCUT2D eigenvalue weighted by Gasteiger charge is -2.18. The van der Waals surface area contributed by atoms with Crippen molar-refractivity contribution in [3.8, 4) is 5.75 Å². The van der Waals surface area contributed by atoms with Crippen LogP contribution in [-0.4, -0.2) is 21.2 Å².